The average molecular weight is 399 g/mol. The molecule has 1 aromatic carbocycles. The van der Waals surface area contributed by atoms with Crippen molar-refractivity contribution < 1.29 is 23.0 Å². The molecule has 4 fully saturated rings. The predicted molar refractivity (Wildman–Crippen MR) is 97.8 cm³/mol. The van der Waals surface area contributed by atoms with E-state index in [1.165, 1.54) is 19.3 Å². The fourth-order valence-corrected chi connectivity index (χ4v) is 6.27. The van der Waals surface area contributed by atoms with Gasteiger partial charge in [-0.3, -0.25) is 0 Å². The molecule has 0 unspecified atom stereocenters. The van der Waals surface area contributed by atoms with E-state index in [4.69, 9.17) is 21.1 Å². The van der Waals surface area contributed by atoms with Gasteiger partial charge in [0.25, 0.3) is 0 Å². The van der Waals surface area contributed by atoms with Crippen LogP contribution in [-0.4, -0.2) is 17.6 Å². The van der Waals surface area contributed by atoms with Crippen LogP contribution in [0.25, 0.3) is 0 Å². The number of benzene rings is 1. The van der Waals surface area contributed by atoms with Gasteiger partial charge in [-0.1, -0.05) is 11.6 Å². The van der Waals surface area contributed by atoms with Crippen LogP contribution in [0.2, 0.25) is 0 Å². The molecule has 4 aliphatic rings. The number of carbonyl (C=O) groups excluding carboxylic acids is 1. The number of rotatable bonds is 5. The number of alkyl halides is 1. The molecule has 6 heteroatoms. The van der Waals surface area contributed by atoms with Crippen LogP contribution in [0.15, 0.2) is 12.1 Å². The average Bonchev–Trinajstić information content (AvgIpc) is 2.55. The maximum Gasteiger partial charge on any atom is 0.342 e. The van der Waals surface area contributed by atoms with Crippen molar-refractivity contribution in [3.05, 3.63) is 29.3 Å². The van der Waals surface area contributed by atoms with Crippen molar-refractivity contribution in [1.29, 1.82) is 0 Å². The van der Waals surface area contributed by atoms with E-state index in [0.717, 1.165) is 25.3 Å². The second-order valence-electron chi connectivity index (χ2n) is 9.12. The first-order valence-electron chi connectivity index (χ1n) is 9.64. The van der Waals surface area contributed by atoms with Gasteiger partial charge in [0, 0.05) is 11.5 Å². The van der Waals surface area contributed by atoms with Crippen molar-refractivity contribution in [2.75, 3.05) is 6.07 Å². The largest absolute Gasteiger partial charge is 0.474 e. The lowest BCUT2D eigenvalue weighted by Crippen LogP contribution is -2.57. The Kier molecular flexibility index (Phi) is 4.65. The maximum absolute atomic E-state index is 14.1. The molecular formula is C21H25ClF2O3. The lowest BCUT2D eigenvalue weighted by Gasteiger charge is -2.61. The van der Waals surface area contributed by atoms with Crippen molar-refractivity contribution in [3.63, 3.8) is 0 Å². The van der Waals surface area contributed by atoms with Gasteiger partial charge in [0.15, 0.2) is 17.6 Å². The summed E-state index contributed by atoms with van der Waals surface area (Å²) in [6.45, 7) is 3.88. The summed E-state index contributed by atoms with van der Waals surface area (Å²) in [5, 5.41) is 0. The molecule has 27 heavy (non-hydrogen) atoms. The van der Waals surface area contributed by atoms with Crippen LogP contribution < -0.4 is 4.74 Å². The van der Waals surface area contributed by atoms with Crippen molar-refractivity contribution in [2.24, 2.45) is 23.2 Å². The van der Waals surface area contributed by atoms with Gasteiger partial charge in [0.05, 0.1) is 0 Å². The quantitative estimate of drug-likeness (QED) is 0.472. The summed E-state index contributed by atoms with van der Waals surface area (Å²) in [6.07, 6.45) is 7.02. The van der Waals surface area contributed by atoms with E-state index in [-0.39, 0.29) is 22.8 Å². The number of hydrogen-bond acceptors (Lipinski definition) is 3. The number of halogens is 3. The summed E-state index contributed by atoms with van der Waals surface area (Å²) in [5.74, 6) is -0.834. The molecule has 0 radical (unpaired) electrons. The maximum atomic E-state index is 14.1. The van der Waals surface area contributed by atoms with E-state index in [9.17, 15) is 13.6 Å². The fraction of sp³-hybridized carbons (Fsp3) is 0.667. The minimum absolute atomic E-state index is 0.0587. The monoisotopic (exact) mass is 398 g/mol. The Hall–Kier alpha value is -1.36. The summed E-state index contributed by atoms with van der Waals surface area (Å²) in [7, 11) is 0. The molecule has 148 valence electrons. The molecule has 4 saturated carbocycles. The number of esters is 1. The molecule has 4 aliphatic carbocycles. The molecule has 0 heterocycles. The van der Waals surface area contributed by atoms with Crippen molar-refractivity contribution in [1.82, 2.24) is 0 Å². The second kappa shape index (κ2) is 6.61. The topological polar surface area (TPSA) is 35.5 Å². The van der Waals surface area contributed by atoms with E-state index < -0.39 is 23.2 Å². The molecule has 4 bridgehead atoms. The van der Waals surface area contributed by atoms with Crippen LogP contribution in [0, 0.1) is 34.8 Å². The Morgan fingerprint density at radius 3 is 2.22 bits per heavy atom. The number of carbonyl (C=O) groups is 1. The zero-order chi connectivity index (χ0) is 19.4. The Bertz CT molecular complexity index is 727. The number of hydrogen-bond donors (Lipinski definition) is 0. The smallest absolute Gasteiger partial charge is 0.342 e. The van der Waals surface area contributed by atoms with Gasteiger partial charge in [0.1, 0.15) is 17.0 Å². The van der Waals surface area contributed by atoms with Crippen molar-refractivity contribution >= 4 is 17.6 Å². The SMILES string of the molecule is CC(C)(OC(=O)c1cc(F)cc(F)c1OCCl)C12CC3CC(CC(C3)C1)C2. The van der Waals surface area contributed by atoms with Crippen LogP contribution in [0.3, 0.4) is 0 Å². The summed E-state index contributed by atoms with van der Waals surface area (Å²) in [4.78, 5) is 12.9. The Balaban J connectivity index is 1.61. The standard InChI is InChI=1S/C21H25ClF2O3/c1-20(2,21-8-12-3-13(9-21)5-14(4-12)10-21)27-19(25)16-6-15(23)7-17(24)18(16)26-11-22/h6-7,12-14H,3-5,8-11H2,1-2H3. The molecule has 0 aromatic heterocycles. The van der Waals surface area contributed by atoms with Gasteiger partial charge in [-0.15, -0.1) is 0 Å². The van der Waals surface area contributed by atoms with Crippen molar-refractivity contribution in [2.45, 2.75) is 58.0 Å². The molecular weight excluding hydrogens is 374 g/mol. The molecule has 0 amide bonds. The van der Waals surface area contributed by atoms with Gasteiger partial charge in [0.2, 0.25) is 0 Å². The highest BCUT2D eigenvalue weighted by Gasteiger charge is 2.58. The van der Waals surface area contributed by atoms with Gasteiger partial charge in [-0.2, -0.15) is 0 Å². The minimum atomic E-state index is -0.963. The molecule has 0 atom stereocenters. The third-order valence-electron chi connectivity index (χ3n) is 7.09. The van der Waals surface area contributed by atoms with Gasteiger partial charge < -0.3 is 9.47 Å². The fourth-order valence-electron chi connectivity index (χ4n) is 6.16. The van der Waals surface area contributed by atoms with E-state index in [1.54, 1.807) is 0 Å². The van der Waals surface area contributed by atoms with E-state index in [2.05, 4.69) is 0 Å². The van der Waals surface area contributed by atoms with Crippen LogP contribution in [-0.2, 0) is 4.74 Å². The van der Waals surface area contributed by atoms with E-state index >= 15 is 0 Å². The molecule has 0 spiro atoms. The lowest BCUT2D eigenvalue weighted by molar-refractivity contribution is -0.165. The van der Waals surface area contributed by atoms with Crippen molar-refractivity contribution in [3.8, 4) is 5.75 Å². The summed E-state index contributed by atoms with van der Waals surface area (Å²) in [6, 6.07) is 1.27. The Morgan fingerprint density at radius 2 is 1.70 bits per heavy atom. The van der Waals surface area contributed by atoms with Crippen LogP contribution in [0.5, 0.6) is 5.75 Å². The molecule has 3 nitrogen and oxygen atoms in total. The van der Waals surface area contributed by atoms with Gasteiger partial charge >= 0.3 is 5.97 Å². The molecule has 0 aliphatic heterocycles. The van der Waals surface area contributed by atoms with Gasteiger partial charge in [-0.25, -0.2) is 13.6 Å². The summed E-state index contributed by atoms with van der Waals surface area (Å²) < 4.78 is 38.7. The summed E-state index contributed by atoms with van der Waals surface area (Å²) in [5.41, 5.74) is -1.04. The molecule has 0 saturated heterocycles. The van der Waals surface area contributed by atoms with E-state index in [0.29, 0.717) is 23.8 Å². The lowest BCUT2D eigenvalue weighted by atomic mass is 9.46. The molecule has 0 N–H and O–H groups in total. The zero-order valence-corrected chi connectivity index (χ0v) is 16.5. The van der Waals surface area contributed by atoms with Gasteiger partial charge in [-0.05, 0) is 76.2 Å². The second-order valence-corrected chi connectivity index (χ2v) is 9.33. The third-order valence-corrected chi connectivity index (χ3v) is 7.20. The first-order valence-corrected chi connectivity index (χ1v) is 10.2. The normalized spacial score (nSPS) is 31.8. The first kappa shape index (κ1) is 19.0. The van der Waals surface area contributed by atoms with Crippen LogP contribution in [0.4, 0.5) is 8.78 Å². The first-order chi connectivity index (χ1) is 12.7. The molecule has 5 rings (SSSR count). The highest BCUT2D eigenvalue weighted by molar-refractivity contribution is 6.17. The third kappa shape index (κ3) is 3.22. The van der Waals surface area contributed by atoms with E-state index in [1.807, 2.05) is 13.8 Å². The predicted octanol–water partition coefficient (Wildman–Crippen LogP) is 5.69. The molecule has 1 aromatic rings. The van der Waals surface area contributed by atoms with Crippen LogP contribution in [0.1, 0.15) is 62.7 Å². The number of ether oxygens (including phenoxy) is 2. The Labute approximate surface area is 163 Å². The summed E-state index contributed by atoms with van der Waals surface area (Å²) >= 11 is 5.53. The highest BCUT2D eigenvalue weighted by atomic mass is 35.5. The minimum Gasteiger partial charge on any atom is -0.474 e. The zero-order valence-electron chi connectivity index (χ0n) is 15.7. The highest BCUT2D eigenvalue weighted by Crippen LogP contribution is 2.64. The van der Waals surface area contributed by atoms with Crippen LogP contribution >= 0.6 is 11.6 Å². The Morgan fingerprint density at radius 1 is 1.15 bits per heavy atom.